The SMILES string of the molecule is CCN(CC(=O)O)C1CC(NC(=O)N2CCN(c3ncccc3C#N)CC2)C1. The average Bonchev–Trinajstić information content (AvgIpc) is 2.68. The zero-order valence-electron chi connectivity index (χ0n) is 16.0. The van der Waals surface area contributed by atoms with Crippen LogP contribution in [0.4, 0.5) is 10.6 Å². The van der Waals surface area contributed by atoms with Crippen molar-refractivity contribution in [1.82, 2.24) is 20.1 Å². The number of nitrogens with one attached hydrogen (secondary N) is 1. The fraction of sp³-hybridized carbons (Fsp3) is 0.579. The molecule has 28 heavy (non-hydrogen) atoms. The first-order valence-electron chi connectivity index (χ1n) is 9.63. The molecule has 0 radical (unpaired) electrons. The second kappa shape index (κ2) is 8.89. The lowest BCUT2D eigenvalue weighted by Crippen LogP contribution is -2.59. The van der Waals surface area contributed by atoms with Crippen LogP contribution in [0.1, 0.15) is 25.3 Å². The van der Waals surface area contributed by atoms with Gasteiger partial charge in [-0.1, -0.05) is 6.92 Å². The highest BCUT2D eigenvalue weighted by atomic mass is 16.4. The molecule has 3 rings (SSSR count). The number of carbonyl (C=O) groups is 2. The zero-order valence-corrected chi connectivity index (χ0v) is 16.0. The molecular formula is C19H26N6O3. The van der Waals surface area contributed by atoms with Gasteiger partial charge in [0, 0.05) is 44.5 Å². The maximum atomic E-state index is 12.5. The third kappa shape index (κ3) is 4.51. The quantitative estimate of drug-likeness (QED) is 0.741. The number of likely N-dealkylation sites (N-methyl/N-ethyl adjacent to an activating group) is 1. The van der Waals surface area contributed by atoms with Gasteiger partial charge in [0.15, 0.2) is 0 Å². The number of aliphatic carboxylic acids is 1. The van der Waals surface area contributed by atoms with E-state index in [1.807, 2.05) is 16.7 Å². The van der Waals surface area contributed by atoms with Gasteiger partial charge in [0.2, 0.25) is 0 Å². The fourth-order valence-electron chi connectivity index (χ4n) is 3.80. The van der Waals surface area contributed by atoms with E-state index < -0.39 is 5.97 Å². The predicted molar refractivity (Wildman–Crippen MR) is 103 cm³/mol. The van der Waals surface area contributed by atoms with Gasteiger partial charge in [0.25, 0.3) is 0 Å². The molecule has 1 saturated heterocycles. The molecule has 1 aliphatic carbocycles. The van der Waals surface area contributed by atoms with E-state index in [2.05, 4.69) is 16.4 Å². The minimum Gasteiger partial charge on any atom is -0.480 e. The first-order valence-corrected chi connectivity index (χ1v) is 9.63. The number of anilines is 1. The van der Waals surface area contributed by atoms with Gasteiger partial charge >= 0.3 is 12.0 Å². The first-order chi connectivity index (χ1) is 13.5. The molecular weight excluding hydrogens is 360 g/mol. The molecule has 0 unspecified atom stereocenters. The lowest BCUT2D eigenvalue weighted by Gasteiger charge is -2.43. The number of carboxylic acid groups (broad SMARTS) is 1. The number of nitrogens with zero attached hydrogens (tertiary/aromatic N) is 5. The van der Waals surface area contributed by atoms with Crippen molar-refractivity contribution in [3.05, 3.63) is 23.9 Å². The molecule has 2 N–H and O–H groups in total. The second-order valence-electron chi connectivity index (χ2n) is 7.19. The predicted octanol–water partition coefficient (Wildman–Crippen LogP) is 0.722. The highest BCUT2D eigenvalue weighted by Gasteiger charge is 2.35. The Morgan fingerprint density at radius 3 is 2.68 bits per heavy atom. The zero-order chi connectivity index (χ0) is 20.1. The number of aromatic nitrogens is 1. The topological polar surface area (TPSA) is 113 Å². The molecule has 0 atom stereocenters. The molecule has 1 saturated carbocycles. The summed E-state index contributed by atoms with van der Waals surface area (Å²) in [6.07, 6.45) is 3.24. The summed E-state index contributed by atoms with van der Waals surface area (Å²) in [6, 6.07) is 5.89. The smallest absolute Gasteiger partial charge is 0.317 e. The van der Waals surface area contributed by atoms with Crippen LogP contribution in [-0.4, -0.2) is 83.2 Å². The molecule has 1 aliphatic heterocycles. The minimum absolute atomic E-state index is 0.0437. The van der Waals surface area contributed by atoms with Gasteiger partial charge in [-0.2, -0.15) is 5.26 Å². The largest absolute Gasteiger partial charge is 0.480 e. The Kier molecular flexibility index (Phi) is 6.31. The molecule has 1 aromatic rings. The highest BCUT2D eigenvalue weighted by molar-refractivity contribution is 5.75. The Balaban J connectivity index is 1.44. The Morgan fingerprint density at radius 1 is 1.36 bits per heavy atom. The number of nitriles is 1. The molecule has 2 heterocycles. The van der Waals surface area contributed by atoms with E-state index >= 15 is 0 Å². The Bertz CT molecular complexity index is 750. The number of rotatable bonds is 6. The monoisotopic (exact) mass is 386 g/mol. The van der Waals surface area contributed by atoms with Gasteiger partial charge in [-0.3, -0.25) is 9.69 Å². The summed E-state index contributed by atoms with van der Waals surface area (Å²) in [5, 5.41) is 21.2. The molecule has 0 bridgehead atoms. The van der Waals surface area contributed by atoms with Crippen molar-refractivity contribution in [3.63, 3.8) is 0 Å². The molecule has 2 aliphatic rings. The Labute approximate surface area is 164 Å². The molecule has 9 heteroatoms. The number of pyridine rings is 1. The maximum absolute atomic E-state index is 12.5. The lowest BCUT2D eigenvalue weighted by molar-refractivity contribution is -0.139. The first kappa shape index (κ1) is 19.9. The standard InChI is InChI=1S/C19H26N6O3/c1-2-23(13-17(26)27)16-10-15(11-16)22-19(28)25-8-6-24(7-9-25)18-14(12-20)4-3-5-21-18/h3-5,15-16H,2,6-11,13H2,1H3,(H,22,28)(H,26,27). The van der Waals surface area contributed by atoms with Gasteiger partial charge in [-0.15, -0.1) is 0 Å². The number of carboxylic acids is 1. The second-order valence-corrected chi connectivity index (χ2v) is 7.19. The van der Waals surface area contributed by atoms with Crippen LogP contribution in [0.25, 0.3) is 0 Å². The van der Waals surface area contributed by atoms with Crippen LogP contribution in [0, 0.1) is 11.3 Å². The average molecular weight is 386 g/mol. The number of piperazine rings is 1. The summed E-state index contributed by atoms with van der Waals surface area (Å²) in [4.78, 5) is 33.5. The summed E-state index contributed by atoms with van der Waals surface area (Å²) < 4.78 is 0. The van der Waals surface area contributed by atoms with E-state index in [0.717, 1.165) is 12.8 Å². The molecule has 9 nitrogen and oxygen atoms in total. The summed E-state index contributed by atoms with van der Waals surface area (Å²) >= 11 is 0. The van der Waals surface area contributed by atoms with E-state index in [4.69, 9.17) is 5.11 Å². The fourth-order valence-corrected chi connectivity index (χ4v) is 3.80. The van der Waals surface area contributed by atoms with E-state index in [9.17, 15) is 14.9 Å². The van der Waals surface area contributed by atoms with E-state index in [1.165, 1.54) is 0 Å². The van der Waals surface area contributed by atoms with Crippen LogP contribution in [0.5, 0.6) is 0 Å². The molecule has 2 fully saturated rings. The number of urea groups is 1. The summed E-state index contributed by atoms with van der Waals surface area (Å²) in [6.45, 7) is 5.10. The van der Waals surface area contributed by atoms with Crippen LogP contribution in [0.15, 0.2) is 18.3 Å². The van der Waals surface area contributed by atoms with Crippen molar-refractivity contribution >= 4 is 17.8 Å². The van der Waals surface area contributed by atoms with Crippen LogP contribution in [0.3, 0.4) is 0 Å². The maximum Gasteiger partial charge on any atom is 0.317 e. The van der Waals surface area contributed by atoms with Crippen molar-refractivity contribution in [3.8, 4) is 6.07 Å². The van der Waals surface area contributed by atoms with Crippen molar-refractivity contribution in [2.75, 3.05) is 44.2 Å². The number of amides is 2. The third-order valence-electron chi connectivity index (χ3n) is 5.48. The summed E-state index contributed by atoms with van der Waals surface area (Å²) in [5.41, 5.74) is 0.544. The molecule has 1 aromatic heterocycles. The number of hydrogen-bond donors (Lipinski definition) is 2. The van der Waals surface area contributed by atoms with Crippen LogP contribution in [-0.2, 0) is 4.79 Å². The van der Waals surface area contributed by atoms with Gasteiger partial charge in [-0.25, -0.2) is 9.78 Å². The van der Waals surface area contributed by atoms with Crippen LogP contribution >= 0.6 is 0 Å². The van der Waals surface area contributed by atoms with Gasteiger partial charge in [0.05, 0.1) is 12.1 Å². The summed E-state index contributed by atoms with van der Waals surface area (Å²) in [5.74, 6) is -0.148. The van der Waals surface area contributed by atoms with Crippen LogP contribution in [0.2, 0.25) is 0 Å². The van der Waals surface area contributed by atoms with Crippen molar-refractivity contribution < 1.29 is 14.7 Å². The van der Waals surface area contributed by atoms with Gasteiger partial charge < -0.3 is 20.2 Å². The van der Waals surface area contributed by atoms with Crippen LogP contribution < -0.4 is 10.2 Å². The van der Waals surface area contributed by atoms with E-state index in [0.29, 0.717) is 44.1 Å². The number of hydrogen-bond acceptors (Lipinski definition) is 6. The third-order valence-corrected chi connectivity index (χ3v) is 5.48. The lowest BCUT2D eigenvalue weighted by atomic mass is 9.85. The van der Waals surface area contributed by atoms with Crippen molar-refractivity contribution in [1.29, 1.82) is 5.26 Å². The number of carbonyl (C=O) groups excluding carboxylic acids is 1. The Morgan fingerprint density at radius 2 is 2.07 bits per heavy atom. The molecule has 0 aromatic carbocycles. The van der Waals surface area contributed by atoms with E-state index in [1.54, 1.807) is 23.2 Å². The molecule has 2 amide bonds. The minimum atomic E-state index is -0.820. The van der Waals surface area contributed by atoms with Crippen molar-refractivity contribution in [2.45, 2.75) is 31.8 Å². The molecule has 0 spiro atoms. The van der Waals surface area contributed by atoms with Gasteiger partial charge in [0.1, 0.15) is 11.9 Å². The summed E-state index contributed by atoms with van der Waals surface area (Å²) in [7, 11) is 0. The van der Waals surface area contributed by atoms with E-state index in [-0.39, 0.29) is 24.7 Å². The van der Waals surface area contributed by atoms with Crippen molar-refractivity contribution in [2.24, 2.45) is 0 Å². The Hall–Kier alpha value is -2.86. The normalized spacial score (nSPS) is 21.8. The van der Waals surface area contributed by atoms with Gasteiger partial charge in [-0.05, 0) is 31.5 Å². The highest BCUT2D eigenvalue weighted by Crippen LogP contribution is 2.26. The molecule has 150 valence electrons.